The van der Waals surface area contributed by atoms with Crippen molar-refractivity contribution in [3.8, 4) is 0 Å². The van der Waals surface area contributed by atoms with Crippen molar-refractivity contribution in [3.63, 3.8) is 0 Å². The lowest BCUT2D eigenvalue weighted by molar-refractivity contribution is 0.0601. The van der Waals surface area contributed by atoms with Crippen molar-refractivity contribution in [2.75, 3.05) is 12.0 Å². The molecule has 1 aliphatic rings. The van der Waals surface area contributed by atoms with Crippen LogP contribution in [-0.4, -0.2) is 30.7 Å². The molecule has 8 heteroatoms. The Labute approximate surface area is 127 Å². The van der Waals surface area contributed by atoms with E-state index in [-0.39, 0.29) is 11.9 Å². The fourth-order valence-corrected chi connectivity index (χ4v) is 2.42. The number of carbonyl (C=O) groups excluding carboxylic acids is 1. The van der Waals surface area contributed by atoms with Gasteiger partial charge in [-0.3, -0.25) is 4.90 Å². The molecule has 0 radical (unpaired) electrons. The lowest BCUT2D eigenvalue weighted by atomic mass is 10.1. The number of hydrogen-bond donors (Lipinski definition) is 2. The largest absolute Gasteiger partial charge is 0.465 e. The van der Waals surface area contributed by atoms with E-state index in [2.05, 4.69) is 14.7 Å². The average Bonchev–Trinajstić information content (AvgIpc) is 2.37. The molecule has 7 nitrogen and oxygen atoms in total. The van der Waals surface area contributed by atoms with E-state index < -0.39 is 11.6 Å². The molecular formula is C13H16ClN5O2. The summed E-state index contributed by atoms with van der Waals surface area (Å²) in [4.78, 5) is 21.3. The number of benzene rings is 1. The number of guanidine groups is 2. The molecule has 1 aliphatic heterocycles. The van der Waals surface area contributed by atoms with Gasteiger partial charge in [0.2, 0.25) is 11.9 Å². The fourth-order valence-electron chi connectivity index (χ4n) is 2.15. The summed E-state index contributed by atoms with van der Waals surface area (Å²) in [5, 5.41) is 0.333. The summed E-state index contributed by atoms with van der Waals surface area (Å²) in [5.74, 6) is -0.179. The van der Waals surface area contributed by atoms with E-state index in [4.69, 9.17) is 23.1 Å². The zero-order chi connectivity index (χ0) is 15.8. The molecule has 1 aromatic rings. The third kappa shape index (κ3) is 2.78. The van der Waals surface area contributed by atoms with Crippen LogP contribution in [0.3, 0.4) is 0 Å². The predicted octanol–water partition coefficient (Wildman–Crippen LogP) is 1.31. The van der Waals surface area contributed by atoms with Crippen molar-refractivity contribution in [2.24, 2.45) is 21.5 Å². The van der Waals surface area contributed by atoms with Gasteiger partial charge < -0.3 is 16.2 Å². The molecule has 4 N–H and O–H groups in total. The van der Waals surface area contributed by atoms with Gasteiger partial charge in [-0.1, -0.05) is 11.6 Å². The molecular weight excluding hydrogens is 294 g/mol. The first-order valence-electron chi connectivity index (χ1n) is 6.14. The number of carbonyl (C=O) groups is 1. The van der Waals surface area contributed by atoms with E-state index in [0.717, 1.165) is 0 Å². The van der Waals surface area contributed by atoms with E-state index in [9.17, 15) is 4.79 Å². The average molecular weight is 310 g/mol. The van der Waals surface area contributed by atoms with Crippen molar-refractivity contribution in [2.45, 2.75) is 19.5 Å². The van der Waals surface area contributed by atoms with Crippen LogP contribution >= 0.6 is 11.6 Å². The van der Waals surface area contributed by atoms with E-state index in [1.54, 1.807) is 17.0 Å². The number of aliphatic imine (C=N–C) groups is 2. The first-order chi connectivity index (χ1) is 9.76. The van der Waals surface area contributed by atoms with E-state index in [0.29, 0.717) is 16.3 Å². The van der Waals surface area contributed by atoms with Crippen LogP contribution < -0.4 is 16.4 Å². The van der Waals surface area contributed by atoms with Crippen LogP contribution in [-0.2, 0) is 4.74 Å². The summed E-state index contributed by atoms with van der Waals surface area (Å²) in [6.07, 6.45) is 0. The maximum atomic E-state index is 11.5. The summed E-state index contributed by atoms with van der Waals surface area (Å²) in [5.41, 5.74) is 11.7. The minimum absolute atomic E-state index is 0.107. The summed E-state index contributed by atoms with van der Waals surface area (Å²) in [6.45, 7) is 3.65. The van der Waals surface area contributed by atoms with Gasteiger partial charge in [-0.2, -0.15) is 4.99 Å². The molecule has 0 atom stereocenters. The lowest BCUT2D eigenvalue weighted by Crippen LogP contribution is -2.54. The van der Waals surface area contributed by atoms with Crippen LogP contribution in [0.4, 0.5) is 5.69 Å². The molecule has 0 saturated carbocycles. The second-order valence-corrected chi connectivity index (χ2v) is 5.33. The zero-order valence-corrected chi connectivity index (χ0v) is 12.7. The number of nitrogens with two attached hydrogens (primary N) is 2. The number of rotatable bonds is 2. The molecule has 0 saturated heterocycles. The van der Waals surface area contributed by atoms with Crippen molar-refractivity contribution in [1.29, 1.82) is 0 Å². The van der Waals surface area contributed by atoms with Gasteiger partial charge in [-0.05, 0) is 32.0 Å². The fraction of sp³-hybridized carbons (Fsp3) is 0.308. The highest BCUT2D eigenvalue weighted by molar-refractivity contribution is 6.34. The van der Waals surface area contributed by atoms with Crippen molar-refractivity contribution >= 4 is 35.2 Å². The van der Waals surface area contributed by atoms with Crippen LogP contribution in [0.15, 0.2) is 28.2 Å². The van der Waals surface area contributed by atoms with E-state index in [1.165, 1.54) is 13.2 Å². The Balaban J connectivity index is 2.48. The quantitative estimate of drug-likeness (QED) is 0.801. The normalized spacial score (nSPS) is 17.0. The Kier molecular flexibility index (Phi) is 3.78. The topological polar surface area (TPSA) is 106 Å². The maximum Gasteiger partial charge on any atom is 0.337 e. The second kappa shape index (κ2) is 5.25. The van der Waals surface area contributed by atoms with Gasteiger partial charge in [-0.25, -0.2) is 9.79 Å². The minimum atomic E-state index is -0.744. The smallest absolute Gasteiger partial charge is 0.337 e. The SMILES string of the molecule is COC(=O)c1ccc(N2C(N)=NC(N)=NC2(C)C)c(Cl)c1. The minimum Gasteiger partial charge on any atom is -0.465 e. The Morgan fingerprint density at radius 2 is 2.05 bits per heavy atom. The maximum absolute atomic E-state index is 11.5. The molecule has 21 heavy (non-hydrogen) atoms. The predicted molar refractivity (Wildman–Crippen MR) is 82.6 cm³/mol. The van der Waals surface area contributed by atoms with Gasteiger partial charge in [0.15, 0.2) is 0 Å². The van der Waals surface area contributed by atoms with Gasteiger partial charge in [0, 0.05) is 0 Å². The lowest BCUT2D eigenvalue weighted by Gasteiger charge is -2.38. The Hall–Kier alpha value is -2.28. The van der Waals surface area contributed by atoms with Crippen LogP contribution in [0, 0.1) is 0 Å². The molecule has 1 heterocycles. The summed E-state index contributed by atoms with van der Waals surface area (Å²) in [7, 11) is 1.31. The monoisotopic (exact) mass is 309 g/mol. The number of halogens is 1. The Bertz CT molecular complexity index is 654. The van der Waals surface area contributed by atoms with E-state index >= 15 is 0 Å². The molecule has 0 unspecified atom stereocenters. The third-order valence-electron chi connectivity index (χ3n) is 3.00. The van der Waals surface area contributed by atoms with E-state index in [1.807, 2.05) is 13.8 Å². The van der Waals surface area contributed by atoms with Gasteiger partial charge in [0.1, 0.15) is 5.66 Å². The highest BCUT2D eigenvalue weighted by Gasteiger charge is 2.34. The molecule has 112 valence electrons. The number of esters is 1. The van der Waals surface area contributed by atoms with Crippen molar-refractivity contribution in [3.05, 3.63) is 28.8 Å². The number of methoxy groups -OCH3 is 1. The molecule has 0 bridgehead atoms. The van der Waals surface area contributed by atoms with Crippen LogP contribution in [0.1, 0.15) is 24.2 Å². The standard InChI is InChI=1S/C13H16ClN5O2/c1-13(2)18-11(15)17-12(16)19(13)9-5-4-7(6-8(9)14)10(20)21-3/h4-6H,1-3H3,(H4,15,16,17,18). The van der Waals surface area contributed by atoms with Gasteiger partial charge in [-0.15, -0.1) is 0 Å². The summed E-state index contributed by atoms with van der Waals surface area (Å²) >= 11 is 6.25. The highest BCUT2D eigenvalue weighted by atomic mass is 35.5. The number of hydrogen-bond acceptors (Lipinski definition) is 7. The number of ether oxygens (including phenoxy) is 1. The first kappa shape index (κ1) is 15.1. The first-order valence-corrected chi connectivity index (χ1v) is 6.51. The Morgan fingerprint density at radius 1 is 1.38 bits per heavy atom. The summed E-state index contributed by atoms with van der Waals surface area (Å²) in [6, 6.07) is 4.77. The second-order valence-electron chi connectivity index (χ2n) is 4.93. The molecule has 2 rings (SSSR count). The van der Waals surface area contributed by atoms with Crippen molar-refractivity contribution < 1.29 is 9.53 Å². The number of nitrogens with zero attached hydrogens (tertiary/aromatic N) is 3. The van der Waals surface area contributed by atoms with Crippen LogP contribution in [0.2, 0.25) is 5.02 Å². The van der Waals surface area contributed by atoms with Crippen LogP contribution in [0.25, 0.3) is 0 Å². The molecule has 0 aliphatic carbocycles. The zero-order valence-electron chi connectivity index (χ0n) is 11.9. The van der Waals surface area contributed by atoms with Gasteiger partial charge in [0.25, 0.3) is 0 Å². The molecule has 0 spiro atoms. The molecule has 1 aromatic carbocycles. The molecule has 0 aromatic heterocycles. The van der Waals surface area contributed by atoms with Gasteiger partial charge in [0.05, 0.1) is 23.4 Å². The molecule has 0 amide bonds. The Morgan fingerprint density at radius 3 is 2.57 bits per heavy atom. The van der Waals surface area contributed by atoms with Crippen LogP contribution in [0.5, 0.6) is 0 Å². The van der Waals surface area contributed by atoms with Gasteiger partial charge >= 0.3 is 5.97 Å². The highest BCUT2D eigenvalue weighted by Crippen LogP contribution is 2.33. The summed E-state index contributed by atoms with van der Waals surface area (Å²) < 4.78 is 4.65. The van der Waals surface area contributed by atoms with Crippen molar-refractivity contribution in [1.82, 2.24) is 0 Å². The molecule has 0 fully saturated rings. The number of anilines is 1. The third-order valence-corrected chi connectivity index (χ3v) is 3.31.